The van der Waals surface area contributed by atoms with E-state index in [0.29, 0.717) is 12.1 Å². The van der Waals surface area contributed by atoms with Gasteiger partial charge < -0.3 is 5.32 Å². The van der Waals surface area contributed by atoms with Crippen LogP contribution in [0.15, 0.2) is 24.3 Å². The fourth-order valence-corrected chi connectivity index (χ4v) is 4.00. The van der Waals surface area contributed by atoms with Crippen LogP contribution in [0.25, 0.3) is 0 Å². The highest BCUT2D eigenvalue weighted by Gasteiger charge is 2.36. The van der Waals surface area contributed by atoms with Crippen molar-refractivity contribution in [3.63, 3.8) is 0 Å². The molecule has 0 radical (unpaired) electrons. The molecule has 132 valence electrons. The summed E-state index contributed by atoms with van der Waals surface area (Å²) in [5.74, 6) is -0.803. The SMILES string of the molecule is CC(C)(C)CCCNC(=O)c1ccc(N2C(=O)CCS2(=O)=O)cc1. The minimum atomic E-state index is -3.57. The largest absolute Gasteiger partial charge is 0.352 e. The van der Waals surface area contributed by atoms with Crippen LogP contribution < -0.4 is 9.62 Å². The Morgan fingerprint density at radius 1 is 1.21 bits per heavy atom. The van der Waals surface area contributed by atoms with Crippen LogP contribution in [0.4, 0.5) is 5.69 Å². The van der Waals surface area contributed by atoms with Crippen LogP contribution in [-0.4, -0.2) is 32.5 Å². The number of anilines is 1. The number of sulfonamides is 1. The number of carbonyl (C=O) groups is 2. The zero-order valence-electron chi connectivity index (χ0n) is 14.3. The van der Waals surface area contributed by atoms with Gasteiger partial charge in [-0.2, -0.15) is 0 Å². The van der Waals surface area contributed by atoms with Gasteiger partial charge in [-0.15, -0.1) is 0 Å². The van der Waals surface area contributed by atoms with Gasteiger partial charge >= 0.3 is 0 Å². The molecule has 0 aromatic heterocycles. The number of amides is 2. The smallest absolute Gasteiger partial charge is 0.251 e. The fraction of sp³-hybridized carbons (Fsp3) is 0.529. The Bertz CT molecular complexity index is 718. The molecule has 24 heavy (non-hydrogen) atoms. The zero-order chi connectivity index (χ0) is 18.0. The van der Waals surface area contributed by atoms with Crippen molar-refractivity contribution in [2.75, 3.05) is 16.6 Å². The first-order valence-electron chi connectivity index (χ1n) is 8.04. The molecule has 0 saturated carbocycles. The van der Waals surface area contributed by atoms with E-state index >= 15 is 0 Å². The number of hydrogen-bond acceptors (Lipinski definition) is 4. The summed E-state index contributed by atoms with van der Waals surface area (Å²) < 4.78 is 24.6. The maximum absolute atomic E-state index is 12.1. The van der Waals surface area contributed by atoms with Crippen molar-refractivity contribution < 1.29 is 18.0 Å². The van der Waals surface area contributed by atoms with E-state index in [1.165, 1.54) is 24.3 Å². The molecule has 2 amide bonds. The van der Waals surface area contributed by atoms with E-state index in [-0.39, 0.29) is 29.2 Å². The predicted octanol–water partition coefficient (Wildman–Crippen LogP) is 2.31. The van der Waals surface area contributed by atoms with E-state index in [4.69, 9.17) is 0 Å². The molecule has 0 atom stereocenters. The second kappa shape index (κ2) is 6.93. The number of carbonyl (C=O) groups excluding carboxylic acids is 2. The average Bonchev–Trinajstić information content (AvgIpc) is 2.76. The van der Waals surface area contributed by atoms with Gasteiger partial charge in [-0.25, -0.2) is 12.7 Å². The number of rotatable bonds is 5. The summed E-state index contributed by atoms with van der Waals surface area (Å²) >= 11 is 0. The van der Waals surface area contributed by atoms with Gasteiger partial charge in [-0.1, -0.05) is 20.8 Å². The maximum atomic E-state index is 12.1. The Morgan fingerprint density at radius 2 is 1.83 bits per heavy atom. The number of nitrogens with one attached hydrogen (secondary N) is 1. The molecule has 7 heteroatoms. The van der Waals surface area contributed by atoms with Crippen LogP contribution in [0.5, 0.6) is 0 Å². The van der Waals surface area contributed by atoms with E-state index in [0.717, 1.165) is 17.1 Å². The van der Waals surface area contributed by atoms with Crippen LogP contribution in [-0.2, 0) is 14.8 Å². The number of benzene rings is 1. The number of nitrogens with zero attached hydrogens (tertiary/aromatic N) is 1. The van der Waals surface area contributed by atoms with E-state index in [1.807, 2.05) is 0 Å². The Kier molecular flexibility index (Phi) is 5.32. The molecule has 1 N–H and O–H groups in total. The first kappa shape index (κ1) is 18.4. The molecular formula is C17H24N2O4S. The molecule has 1 aromatic rings. The van der Waals surface area contributed by atoms with Gasteiger partial charge in [0.2, 0.25) is 15.9 Å². The lowest BCUT2D eigenvalue weighted by Gasteiger charge is -2.18. The normalized spacial score (nSPS) is 17.1. The summed E-state index contributed by atoms with van der Waals surface area (Å²) in [6.07, 6.45) is 1.91. The monoisotopic (exact) mass is 352 g/mol. The average molecular weight is 352 g/mol. The van der Waals surface area contributed by atoms with Crippen molar-refractivity contribution in [2.24, 2.45) is 5.41 Å². The lowest BCUT2D eigenvalue weighted by molar-refractivity contribution is -0.116. The molecule has 2 rings (SSSR count). The standard InChI is InChI=1S/C17H24N2O4S/c1-17(2,3)10-4-11-18-16(21)13-5-7-14(8-6-13)19-15(20)9-12-24(19,22)23/h5-8H,4,9-12H2,1-3H3,(H,18,21). The summed E-state index contributed by atoms with van der Waals surface area (Å²) in [5.41, 5.74) is 0.959. The summed E-state index contributed by atoms with van der Waals surface area (Å²) in [6.45, 7) is 7.06. The second-order valence-corrected chi connectivity index (χ2v) is 9.13. The zero-order valence-corrected chi connectivity index (χ0v) is 15.1. The van der Waals surface area contributed by atoms with Crippen molar-refractivity contribution in [1.82, 2.24) is 5.32 Å². The topological polar surface area (TPSA) is 83.6 Å². The quantitative estimate of drug-likeness (QED) is 0.824. The van der Waals surface area contributed by atoms with Crippen molar-refractivity contribution in [3.8, 4) is 0 Å². The minimum absolute atomic E-state index is 0.00164. The lowest BCUT2D eigenvalue weighted by atomic mass is 9.91. The molecule has 1 heterocycles. The van der Waals surface area contributed by atoms with Gasteiger partial charge in [0.15, 0.2) is 0 Å². The Hall–Kier alpha value is -1.89. The number of hydrogen-bond donors (Lipinski definition) is 1. The van der Waals surface area contributed by atoms with Gasteiger partial charge in [-0.3, -0.25) is 9.59 Å². The fourth-order valence-electron chi connectivity index (χ4n) is 2.54. The third-order valence-corrected chi connectivity index (χ3v) is 5.52. The molecule has 1 aromatic carbocycles. The summed E-state index contributed by atoms with van der Waals surface area (Å²) in [7, 11) is -3.57. The van der Waals surface area contributed by atoms with Gasteiger partial charge in [0, 0.05) is 18.5 Å². The molecule has 1 aliphatic heterocycles. The Balaban J connectivity index is 1.97. The van der Waals surface area contributed by atoms with Gasteiger partial charge in [0.05, 0.1) is 11.4 Å². The molecule has 1 aliphatic rings. The Morgan fingerprint density at radius 3 is 2.33 bits per heavy atom. The second-order valence-electron chi connectivity index (χ2n) is 7.19. The van der Waals surface area contributed by atoms with Crippen LogP contribution in [0.3, 0.4) is 0 Å². The van der Waals surface area contributed by atoms with Crippen LogP contribution in [0.2, 0.25) is 0 Å². The molecule has 0 aliphatic carbocycles. The van der Waals surface area contributed by atoms with Gasteiger partial charge in [0.25, 0.3) is 5.91 Å². The highest BCUT2D eigenvalue weighted by Crippen LogP contribution is 2.25. The third-order valence-electron chi connectivity index (χ3n) is 3.83. The van der Waals surface area contributed by atoms with Crippen LogP contribution in [0.1, 0.15) is 50.4 Å². The van der Waals surface area contributed by atoms with E-state index in [9.17, 15) is 18.0 Å². The molecular weight excluding hydrogens is 328 g/mol. The lowest BCUT2D eigenvalue weighted by Crippen LogP contribution is -2.29. The Labute approximate surface area is 143 Å². The molecule has 0 spiro atoms. The summed E-state index contributed by atoms with van der Waals surface area (Å²) in [6, 6.07) is 6.06. The molecule has 0 unspecified atom stereocenters. The highest BCUT2D eigenvalue weighted by molar-refractivity contribution is 7.94. The van der Waals surface area contributed by atoms with Crippen molar-refractivity contribution in [1.29, 1.82) is 0 Å². The van der Waals surface area contributed by atoms with Gasteiger partial charge in [0.1, 0.15) is 0 Å². The van der Waals surface area contributed by atoms with Crippen LogP contribution in [0, 0.1) is 5.41 Å². The molecule has 6 nitrogen and oxygen atoms in total. The first-order valence-corrected chi connectivity index (χ1v) is 9.65. The van der Waals surface area contributed by atoms with Crippen LogP contribution >= 0.6 is 0 Å². The van der Waals surface area contributed by atoms with E-state index in [2.05, 4.69) is 26.1 Å². The van der Waals surface area contributed by atoms with E-state index < -0.39 is 15.9 Å². The predicted molar refractivity (Wildman–Crippen MR) is 93.4 cm³/mol. The summed E-state index contributed by atoms with van der Waals surface area (Å²) in [5, 5.41) is 2.85. The molecule has 1 fully saturated rings. The molecule has 1 saturated heterocycles. The van der Waals surface area contributed by atoms with Crippen molar-refractivity contribution in [2.45, 2.75) is 40.0 Å². The van der Waals surface area contributed by atoms with Crippen molar-refractivity contribution >= 4 is 27.5 Å². The summed E-state index contributed by atoms with van der Waals surface area (Å²) in [4.78, 5) is 23.8. The highest BCUT2D eigenvalue weighted by atomic mass is 32.2. The maximum Gasteiger partial charge on any atom is 0.251 e. The van der Waals surface area contributed by atoms with Crippen molar-refractivity contribution in [3.05, 3.63) is 29.8 Å². The third kappa shape index (κ3) is 4.56. The van der Waals surface area contributed by atoms with Gasteiger partial charge in [-0.05, 0) is 42.5 Å². The minimum Gasteiger partial charge on any atom is -0.352 e. The molecule has 0 bridgehead atoms. The first-order chi connectivity index (χ1) is 11.1. The van der Waals surface area contributed by atoms with E-state index in [1.54, 1.807) is 0 Å².